The number of ether oxygens (including phenoxy) is 1. The average molecular weight is 367 g/mol. The normalized spacial score (nSPS) is 9.62. The van der Waals surface area contributed by atoms with E-state index >= 15 is 0 Å². The van der Waals surface area contributed by atoms with Gasteiger partial charge in [-0.05, 0) is 47.1 Å². The standard InChI is InChI=1S/C11H14N2O4.2C4H8.CH4/c1-3-8(2)17-11(14)12-9-6-4-5-7-10(9)13(15)16;2*1-4(2)3;/h4-8H,3H2,1-2H3,(H,12,14);2*1H2,2-3H3;1H4. The van der Waals surface area contributed by atoms with Crippen molar-refractivity contribution in [2.45, 2.75) is 61.5 Å². The Morgan fingerprint density at radius 1 is 1.19 bits per heavy atom. The van der Waals surface area contributed by atoms with Gasteiger partial charge in [-0.1, -0.05) is 37.6 Å². The fraction of sp³-hybridized carbons (Fsp3) is 0.450. The fourth-order valence-electron chi connectivity index (χ4n) is 1.14. The molecule has 6 nitrogen and oxygen atoms in total. The van der Waals surface area contributed by atoms with Gasteiger partial charge in [0.05, 0.1) is 4.92 Å². The topological polar surface area (TPSA) is 81.5 Å². The number of nitro groups is 1. The van der Waals surface area contributed by atoms with E-state index in [1.165, 1.54) is 29.3 Å². The molecule has 0 bridgehead atoms. The van der Waals surface area contributed by atoms with E-state index in [0.717, 1.165) is 0 Å². The molecule has 1 aromatic rings. The second-order valence-electron chi connectivity index (χ2n) is 5.94. The molecule has 1 aromatic carbocycles. The molecule has 1 rings (SSSR count). The second-order valence-corrected chi connectivity index (χ2v) is 5.94. The molecule has 0 saturated carbocycles. The molecule has 0 aliphatic heterocycles. The van der Waals surface area contributed by atoms with Gasteiger partial charge >= 0.3 is 6.09 Å². The Morgan fingerprint density at radius 3 is 2.00 bits per heavy atom. The number of rotatable bonds is 4. The van der Waals surface area contributed by atoms with Crippen molar-refractivity contribution in [3.8, 4) is 0 Å². The molecule has 1 atom stereocenters. The minimum absolute atomic E-state index is 0. The lowest BCUT2D eigenvalue weighted by atomic mass is 10.3. The highest BCUT2D eigenvalue weighted by Gasteiger charge is 2.16. The molecular formula is C20H34N2O4. The summed E-state index contributed by atoms with van der Waals surface area (Å²) in [5, 5.41) is 13.0. The average Bonchev–Trinajstić information content (AvgIpc) is 2.46. The number of allylic oxidation sites excluding steroid dienone is 2. The van der Waals surface area contributed by atoms with E-state index in [4.69, 9.17) is 4.74 Å². The monoisotopic (exact) mass is 366 g/mol. The lowest BCUT2D eigenvalue weighted by molar-refractivity contribution is -0.383. The molecule has 1 unspecified atom stereocenters. The van der Waals surface area contributed by atoms with E-state index in [9.17, 15) is 14.9 Å². The van der Waals surface area contributed by atoms with Crippen molar-refractivity contribution in [3.63, 3.8) is 0 Å². The summed E-state index contributed by atoms with van der Waals surface area (Å²) >= 11 is 0. The predicted octanol–water partition coefficient (Wildman–Crippen LogP) is 6.74. The fourth-order valence-corrected chi connectivity index (χ4v) is 1.14. The van der Waals surface area contributed by atoms with E-state index in [-0.39, 0.29) is 24.9 Å². The van der Waals surface area contributed by atoms with Crippen LogP contribution in [0.15, 0.2) is 48.6 Å². The van der Waals surface area contributed by atoms with Crippen LogP contribution in [-0.2, 0) is 4.74 Å². The number of para-hydroxylation sites is 2. The number of nitro benzene ring substituents is 1. The predicted molar refractivity (Wildman–Crippen MR) is 111 cm³/mol. The number of hydrogen-bond donors (Lipinski definition) is 1. The molecule has 1 amide bonds. The van der Waals surface area contributed by atoms with Gasteiger partial charge in [-0.15, -0.1) is 13.2 Å². The van der Waals surface area contributed by atoms with Gasteiger partial charge in [0.1, 0.15) is 11.8 Å². The summed E-state index contributed by atoms with van der Waals surface area (Å²) in [5.41, 5.74) is 2.31. The summed E-state index contributed by atoms with van der Waals surface area (Å²) in [6.07, 6.45) is -0.226. The van der Waals surface area contributed by atoms with Crippen molar-refractivity contribution < 1.29 is 14.5 Å². The Balaban J connectivity index is -0.000000497. The maximum atomic E-state index is 11.4. The first kappa shape index (κ1) is 28.2. The molecule has 0 aliphatic rings. The SMILES string of the molecule is C.C=C(C)C.C=C(C)C.CCC(C)OC(=O)Nc1ccccc1[N+](=O)[O-]. The van der Waals surface area contributed by atoms with Crippen molar-refractivity contribution in [1.29, 1.82) is 0 Å². The summed E-state index contributed by atoms with van der Waals surface area (Å²) in [6, 6.07) is 5.91. The highest BCUT2D eigenvalue weighted by atomic mass is 16.6. The highest BCUT2D eigenvalue weighted by molar-refractivity contribution is 5.87. The Bertz CT molecular complexity index is 563. The summed E-state index contributed by atoms with van der Waals surface area (Å²) in [6.45, 7) is 18.6. The van der Waals surface area contributed by atoms with Crippen molar-refractivity contribution in [3.05, 3.63) is 58.7 Å². The zero-order valence-corrected chi connectivity index (χ0v) is 16.1. The summed E-state index contributed by atoms with van der Waals surface area (Å²) in [4.78, 5) is 21.5. The van der Waals surface area contributed by atoms with Crippen LogP contribution in [0.3, 0.4) is 0 Å². The molecule has 0 aliphatic carbocycles. The van der Waals surface area contributed by atoms with E-state index in [0.29, 0.717) is 6.42 Å². The van der Waals surface area contributed by atoms with Crippen LogP contribution >= 0.6 is 0 Å². The zero-order valence-electron chi connectivity index (χ0n) is 16.1. The van der Waals surface area contributed by atoms with Gasteiger partial charge in [-0.3, -0.25) is 15.4 Å². The number of nitrogens with one attached hydrogen (secondary N) is 1. The lowest BCUT2D eigenvalue weighted by Gasteiger charge is -2.11. The van der Waals surface area contributed by atoms with Gasteiger partial charge < -0.3 is 4.74 Å². The first-order valence-corrected chi connectivity index (χ1v) is 7.96. The summed E-state index contributed by atoms with van der Waals surface area (Å²) in [7, 11) is 0. The molecular weight excluding hydrogens is 332 g/mol. The van der Waals surface area contributed by atoms with Gasteiger partial charge in [-0.25, -0.2) is 4.79 Å². The maximum absolute atomic E-state index is 11.4. The number of benzene rings is 1. The van der Waals surface area contributed by atoms with Gasteiger partial charge in [0, 0.05) is 6.07 Å². The number of carbonyl (C=O) groups is 1. The van der Waals surface area contributed by atoms with Crippen molar-refractivity contribution >= 4 is 17.5 Å². The van der Waals surface area contributed by atoms with E-state index in [2.05, 4.69) is 18.5 Å². The lowest BCUT2D eigenvalue weighted by Crippen LogP contribution is -2.20. The maximum Gasteiger partial charge on any atom is 0.412 e. The van der Waals surface area contributed by atoms with Crippen LogP contribution in [0.1, 0.15) is 55.4 Å². The Kier molecular flexibility index (Phi) is 17.2. The number of anilines is 1. The minimum Gasteiger partial charge on any atom is -0.446 e. The van der Waals surface area contributed by atoms with Gasteiger partial charge in [-0.2, -0.15) is 0 Å². The molecule has 6 heteroatoms. The molecule has 148 valence electrons. The van der Waals surface area contributed by atoms with Crippen LogP contribution in [0.25, 0.3) is 0 Å². The molecule has 0 spiro atoms. The van der Waals surface area contributed by atoms with E-state index in [1.807, 2.05) is 34.6 Å². The molecule has 0 radical (unpaired) electrons. The second kappa shape index (κ2) is 15.9. The number of amides is 1. The Labute approximate surface area is 158 Å². The minimum atomic E-state index is -0.686. The van der Waals surface area contributed by atoms with Crippen molar-refractivity contribution in [2.24, 2.45) is 0 Å². The largest absolute Gasteiger partial charge is 0.446 e. The number of hydrogen-bond acceptors (Lipinski definition) is 4. The van der Waals surface area contributed by atoms with Gasteiger partial charge in [0.2, 0.25) is 0 Å². The number of nitrogens with zero attached hydrogens (tertiary/aromatic N) is 1. The van der Waals surface area contributed by atoms with Crippen molar-refractivity contribution in [2.75, 3.05) is 5.32 Å². The Morgan fingerprint density at radius 2 is 1.62 bits per heavy atom. The molecule has 0 heterocycles. The van der Waals surface area contributed by atoms with E-state index < -0.39 is 11.0 Å². The third kappa shape index (κ3) is 17.7. The van der Waals surface area contributed by atoms with Gasteiger partial charge in [0.25, 0.3) is 5.69 Å². The van der Waals surface area contributed by atoms with Crippen LogP contribution < -0.4 is 5.32 Å². The first-order chi connectivity index (χ1) is 11.5. The number of carbonyl (C=O) groups excluding carboxylic acids is 1. The smallest absolute Gasteiger partial charge is 0.412 e. The van der Waals surface area contributed by atoms with Gasteiger partial charge in [0.15, 0.2) is 0 Å². The first-order valence-electron chi connectivity index (χ1n) is 7.96. The van der Waals surface area contributed by atoms with Crippen LogP contribution in [-0.4, -0.2) is 17.1 Å². The van der Waals surface area contributed by atoms with Crippen molar-refractivity contribution in [1.82, 2.24) is 0 Å². The zero-order chi connectivity index (χ0) is 20.0. The quantitative estimate of drug-likeness (QED) is 0.363. The molecule has 26 heavy (non-hydrogen) atoms. The third-order valence-corrected chi connectivity index (χ3v) is 2.22. The highest BCUT2D eigenvalue weighted by Crippen LogP contribution is 2.23. The third-order valence-electron chi connectivity index (χ3n) is 2.22. The molecule has 0 fully saturated rings. The van der Waals surface area contributed by atoms with E-state index in [1.54, 1.807) is 13.0 Å². The summed E-state index contributed by atoms with van der Waals surface area (Å²) < 4.78 is 4.97. The van der Waals surface area contributed by atoms with Crippen LogP contribution in [0, 0.1) is 10.1 Å². The molecule has 1 N–H and O–H groups in total. The summed E-state index contributed by atoms with van der Waals surface area (Å²) in [5.74, 6) is 0. The molecule has 0 saturated heterocycles. The van der Waals surface area contributed by atoms with Crippen LogP contribution in [0.2, 0.25) is 0 Å². The molecule has 0 aromatic heterocycles. The Hall–Kier alpha value is -2.63. The van der Waals surface area contributed by atoms with Crippen LogP contribution in [0.4, 0.5) is 16.2 Å². The van der Waals surface area contributed by atoms with Crippen LogP contribution in [0.5, 0.6) is 0 Å².